The van der Waals surface area contributed by atoms with Crippen molar-refractivity contribution in [3.05, 3.63) is 24.4 Å². The number of hydrogen-bond donors (Lipinski definition) is 0. The normalized spacial score (nSPS) is 9.58. The van der Waals surface area contributed by atoms with Gasteiger partial charge in [0, 0.05) is 12.4 Å². The molecule has 0 N–H and O–H groups in total. The standard InChI is InChI=1S/C7H3N5/c8-3-6-11-4-5-7(12-6)10-2-1-9-5/h1-2,4H. The van der Waals surface area contributed by atoms with E-state index in [1.54, 1.807) is 6.20 Å². The lowest BCUT2D eigenvalue weighted by atomic mass is 10.5. The predicted octanol–water partition coefficient (Wildman–Crippen LogP) is 0.291. The number of fused-ring (bicyclic) bond motifs is 1. The van der Waals surface area contributed by atoms with E-state index in [2.05, 4.69) is 19.9 Å². The molecule has 2 aromatic heterocycles. The summed E-state index contributed by atoms with van der Waals surface area (Å²) in [5, 5.41) is 8.47. The van der Waals surface area contributed by atoms with Crippen LogP contribution in [0.2, 0.25) is 0 Å². The van der Waals surface area contributed by atoms with E-state index in [-0.39, 0.29) is 5.82 Å². The molecule has 2 rings (SSSR count). The second-order valence-corrected chi connectivity index (χ2v) is 2.07. The Kier molecular flexibility index (Phi) is 1.38. The van der Waals surface area contributed by atoms with Crippen LogP contribution < -0.4 is 0 Å². The first kappa shape index (κ1) is 6.61. The summed E-state index contributed by atoms with van der Waals surface area (Å²) in [6, 6.07) is 1.83. The maximum atomic E-state index is 8.47. The van der Waals surface area contributed by atoms with Gasteiger partial charge < -0.3 is 0 Å². The van der Waals surface area contributed by atoms with Crippen molar-refractivity contribution in [2.24, 2.45) is 0 Å². The summed E-state index contributed by atoms with van der Waals surface area (Å²) in [4.78, 5) is 15.5. The number of hydrogen-bond acceptors (Lipinski definition) is 5. The molecule has 0 bridgehead atoms. The minimum absolute atomic E-state index is 0.114. The van der Waals surface area contributed by atoms with E-state index in [0.29, 0.717) is 11.2 Å². The monoisotopic (exact) mass is 157 g/mol. The second kappa shape index (κ2) is 2.51. The van der Waals surface area contributed by atoms with Gasteiger partial charge in [0.05, 0.1) is 6.20 Å². The Bertz CT molecular complexity index is 459. The lowest BCUT2D eigenvalue weighted by Crippen LogP contribution is -1.92. The number of rotatable bonds is 0. The SMILES string of the molecule is N#Cc1ncc2nccnc2n1. The molecule has 0 atom stereocenters. The molecule has 0 saturated heterocycles. The zero-order chi connectivity index (χ0) is 8.39. The summed E-state index contributed by atoms with van der Waals surface area (Å²) in [6.45, 7) is 0. The first-order valence-corrected chi connectivity index (χ1v) is 3.24. The van der Waals surface area contributed by atoms with Gasteiger partial charge in [0.1, 0.15) is 11.6 Å². The fourth-order valence-corrected chi connectivity index (χ4v) is 0.824. The molecule has 0 aliphatic heterocycles. The number of nitrogens with zero attached hydrogens (tertiary/aromatic N) is 5. The van der Waals surface area contributed by atoms with E-state index in [9.17, 15) is 0 Å². The van der Waals surface area contributed by atoms with E-state index in [0.717, 1.165) is 0 Å². The Morgan fingerprint density at radius 1 is 1.17 bits per heavy atom. The first-order valence-electron chi connectivity index (χ1n) is 3.24. The topological polar surface area (TPSA) is 75.3 Å². The van der Waals surface area contributed by atoms with Crippen LogP contribution in [0.15, 0.2) is 18.6 Å². The van der Waals surface area contributed by atoms with Crippen LogP contribution in [0.1, 0.15) is 5.82 Å². The number of nitriles is 1. The molecule has 5 nitrogen and oxygen atoms in total. The fraction of sp³-hybridized carbons (Fsp3) is 0. The highest BCUT2D eigenvalue weighted by molar-refractivity contribution is 5.67. The molecule has 5 heteroatoms. The van der Waals surface area contributed by atoms with Gasteiger partial charge in [-0.05, 0) is 0 Å². The van der Waals surface area contributed by atoms with E-state index >= 15 is 0 Å². The molecule has 12 heavy (non-hydrogen) atoms. The maximum Gasteiger partial charge on any atom is 0.234 e. The van der Waals surface area contributed by atoms with Gasteiger partial charge in [0.2, 0.25) is 5.82 Å². The Morgan fingerprint density at radius 2 is 2.00 bits per heavy atom. The lowest BCUT2D eigenvalue weighted by molar-refractivity contribution is 1.11. The van der Waals surface area contributed by atoms with Crippen LogP contribution in [0.4, 0.5) is 0 Å². The Morgan fingerprint density at radius 3 is 2.83 bits per heavy atom. The van der Waals surface area contributed by atoms with Gasteiger partial charge in [0.15, 0.2) is 5.65 Å². The average molecular weight is 157 g/mol. The molecule has 56 valence electrons. The summed E-state index contributed by atoms with van der Waals surface area (Å²) in [6.07, 6.45) is 4.56. The van der Waals surface area contributed by atoms with Gasteiger partial charge in [-0.2, -0.15) is 10.2 Å². The molecule has 0 amide bonds. The Labute approximate surface area is 67.7 Å². The highest BCUT2D eigenvalue weighted by Gasteiger charge is 1.98. The van der Waals surface area contributed by atoms with E-state index < -0.39 is 0 Å². The van der Waals surface area contributed by atoms with Crippen molar-refractivity contribution in [3.63, 3.8) is 0 Å². The zero-order valence-electron chi connectivity index (χ0n) is 5.97. The third-order valence-electron chi connectivity index (χ3n) is 1.33. The zero-order valence-corrected chi connectivity index (χ0v) is 5.97. The largest absolute Gasteiger partial charge is 0.250 e. The van der Waals surface area contributed by atoms with Crippen molar-refractivity contribution in [1.29, 1.82) is 5.26 Å². The summed E-state index contributed by atoms with van der Waals surface area (Å²) >= 11 is 0. The van der Waals surface area contributed by atoms with Gasteiger partial charge in [-0.15, -0.1) is 0 Å². The minimum atomic E-state index is 0.114. The van der Waals surface area contributed by atoms with Crippen LogP contribution in [0, 0.1) is 11.3 Å². The third-order valence-corrected chi connectivity index (χ3v) is 1.33. The van der Waals surface area contributed by atoms with Crippen LogP contribution in [-0.2, 0) is 0 Å². The maximum absolute atomic E-state index is 8.47. The second-order valence-electron chi connectivity index (χ2n) is 2.07. The third kappa shape index (κ3) is 0.953. The Balaban J connectivity index is 2.78. The molecule has 0 saturated carbocycles. The smallest absolute Gasteiger partial charge is 0.234 e. The molecule has 0 aromatic carbocycles. The van der Waals surface area contributed by atoms with Crippen molar-refractivity contribution in [3.8, 4) is 6.07 Å². The van der Waals surface area contributed by atoms with Crippen molar-refractivity contribution >= 4 is 11.2 Å². The summed E-state index contributed by atoms with van der Waals surface area (Å²) in [5.41, 5.74) is 1.04. The van der Waals surface area contributed by atoms with Crippen molar-refractivity contribution in [2.45, 2.75) is 0 Å². The van der Waals surface area contributed by atoms with Crippen molar-refractivity contribution < 1.29 is 0 Å². The minimum Gasteiger partial charge on any atom is -0.250 e. The highest BCUT2D eigenvalue weighted by atomic mass is 15.0. The molecule has 0 fully saturated rings. The number of aromatic nitrogens is 4. The van der Waals surface area contributed by atoms with Crippen LogP contribution in [0.3, 0.4) is 0 Å². The summed E-state index contributed by atoms with van der Waals surface area (Å²) < 4.78 is 0. The van der Waals surface area contributed by atoms with Crippen LogP contribution >= 0.6 is 0 Å². The molecule has 2 heterocycles. The van der Waals surface area contributed by atoms with Gasteiger partial charge in [-0.25, -0.2) is 15.0 Å². The van der Waals surface area contributed by atoms with Gasteiger partial charge in [-0.3, -0.25) is 0 Å². The predicted molar refractivity (Wildman–Crippen MR) is 39.8 cm³/mol. The van der Waals surface area contributed by atoms with E-state index in [1.807, 2.05) is 6.07 Å². The van der Waals surface area contributed by atoms with Crippen molar-refractivity contribution in [1.82, 2.24) is 19.9 Å². The fourth-order valence-electron chi connectivity index (χ4n) is 0.824. The molecule has 2 aromatic rings. The summed E-state index contributed by atoms with van der Waals surface area (Å²) in [7, 11) is 0. The molecular weight excluding hydrogens is 154 g/mol. The summed E-state index contributed by atoms with van der Waals surface area (Å²) in [5.74, 6) is 0.114. The molecule has 0 spiro atoms. The van der Waals surface area contributed by atoms with E-state index in [4.69, 9.17) is 5.26 Å². The van der Waals surface area contributed by atoms with Gasteiger partial charge in [0.25, 0.3) is 0 Å². The average Bonchev–Trinajstić information content (AvgIpc) is 2.17. The first-order chi connectivity index (χ1) is 5.90. The quantitative estimate of drug-likeness (QED) is 0.549. The van der Waals surface area contributed by atoms with Crippen LogP contribution in [0.25, 0.3) is 11.2 Å². The Hall–Kier alpha value is -2.09. The van der Waals surface area contributed by atoms with Crippen LogP contribution in [0.5, 0.6) is 0 Å². The molecular formula is C7H3N5. The molecule has 0 radical (unpaired) electrons. The highest BCUT2D eigenvalue weighted by Crippen LogP contribution is 2.01. The molecule has 0 aliphatic carbocycles. The van der Waals surface area contributed by atoms with Gasteiger partial charge >= 0.3 is 0 Å². The molecule has 0 aliphatic rings. The van der Waals surface area contributed by atoms with E-state index in [1.165, 1.54) is 12.4 Å². The van der Waals surface area contributed by atoms with Gasteiger partial charge in [-0.1, -0.05) is 0 Å². The van der Waals surface area contributed by atoms with Crippen molar-refractivity contribution in [2.75, 3.05) is 0 Å². The van der Waals surface area contributed by atoms with Crippen LogP contribution in [-0.4, -0.2) is 19.9 Å². The lowest BCUT2D eigenvalue weighted by Gasteiger charge is -1.91. The molecule has 0 unspecified atom stereocenters.